The molecule has 0 saturated heterocycles. The Bertz CT molecular complexity index is 1390. The first kappa shape index (κ1) is 22.2. The van der Waals surface area contributed by atoms with Gasteiger partial charge in [0.2, 0.25) is 0 Å². The summed E-state index contributed by atoms with van der Waals surface area (Å²) in [4.78, 5) is 4.38. The number of fused-ring (bicyclic) bond motifs is 1. The number of anilines is 1. The van der Waals surface area contributed by atoms with Crippen LogP contribution in [0.2, 0.25) is 10.0 Å². The maximum absolute atomic E-state index is 13.3. The van der Waals surface area contributed by atoms with E-state index in [0.29, 0.717) is 39.1 Å². The van der Waals surface area contributed by atoms with Crippen LogP contribution < -0.4 is 14.2 Å². The molecule has 4 aromatic rings. The number of nitrogens with one attached hydrogen (secondary N) is 1. The zero-order valence-corrected chi connectivity index (χ0v) is 19.2. The van der Waals surface area contributed by atoms with Crippen molar-refractivity contribution >= 4 is 49.8 Å². The predicted molar refractivity (Wildman–Crippen MR) is 127 cm³/mol. The van der Waals surface area contributed by atoms with Crippen molar-refractivity contribution in [3.05, 3.63) is 83.0 Å². The largest absolute Gasteiger partial charge is 0.492 e. The summed E-state index contributed by atoms with van der Waals surface area (Å²) in [5, 5.41) is 1.22. The van der Waals surface area contributed by atoms with Crippen molar-refractivity contribution in [2.45, 2.75) is 11.8 Å². The van der Waals surface area contributed by atoms with Crippen LogP contribution in [0.3, 0.4) is 0 Å². The molecule has 6 nitrogen and oxygen atoms in total. The summed E-state index contributed by atoms with van der Waals surface area (Å²) in [6.45, 7) is 2.29. The monoisotopic (exact) mass is 488 g/mol. The molecule has 0 unspecified atom stereocenters. The molecule has 0 radical (unpaired) electrons. The maximum Gasteiger partial charge on any atom is 0.262 e. The standard InChI is InChI=1S/C23H18Cl2N2O4S/c1-2-30-21-11-12-22(16-6-5-13-26-23(16)21)32(28,29)27-18-7-3-4-8-20(18)31-19-10-9-15(24)14-17(19)25/h3-14,27H,2H2,1H3. The molecule has 0 fully saturated rings. The van der Waals surface area contributed by atoms with Gasteiger partial charge in [0.25, 0.3) is 10.0 Å². The van der Waals surface area contributed by atoms with Crippen molar-refractivity contribution in [3.8, 4) is 17.2 Å². The third kappa shape index (κ3) is 4.60. The Labute approximate surface area is 195 Å². The predicted octanol–water partition coefficient (Wildman–Crippen LogP) is 6.53. The second-order valence-corrected chi connectivity index (χ2v) is 9.17. The molecule has 1 heterocycles. The molecule has 164 valence electrons. The normalized spacial score (nSPS) is 11.3. The molecule has 0 amide bonds. The fourth-order valence-corrected chi connectivity index (χ4v) is 4.86. The zero-order valence-electron chi connectivity index (χ0n) is 16.9. The van der Waals surface area contributed by atoms with Crippen molar-refractivity contribution in [2.24, 2.45) is 0 Å². The lowest BCUT2D eigenvalue weighted by Gasteiger charge is -2.16. The molecule has 9 heteroatoms. The van der Waals surface area contributed by atoms with Gasteiger partial charge in [-0.25, -0.2) is 8.42 Å². The minimum atomic E-state index is -3.98. The van der Waals surface area contributed by atoms with Crippen LogP contribution in [0.5, 0.6) is 17.2 Å². The lowest BCUT2D eigenvalue weighted by molar-refractivity contribution is 0.343. The van der Waals surface area contributed by atoms with Gasteiger partial charge in [-0.3, -0.25) is 9.71 Å². The van der Waals surface area contributed by atoms with Crippen molar-refractivity contribution in [3.63, 3.8) is 0 Å². The van der Waals surface area contributed by atoms with Gasteiger partial charge in [0, 0.05) is 16.6 Å². The number of pyridine rings is 1. The van der Waals surface area contributed by atoms with Gasteiger partial charge >= 0.3 is 0 Å². The molecule has 32 heavy (non-hydrogen) atoms. The van der Waals surface area contributed by atoms with E-state index in [1.807, 2.05) is 6.92 Å². The first-order valence-electron chi connectivity index (χ1n) is 9.64. The fraction of sp³-hybridized carbons (Fsp3) is 0.0870. The Morgan fingerprint density at radius 1 is 0.938 bits per heavy atom. The van der Waals surface area contributed by atoms with E-state index in [0.717, 1.165) is 0 Å². The van der Waals surface area contributed by atoms with Crippen molar-refractivity contribution < 1.29 is 17.9 Å². The first-order chi connectivity index (χ1) is 15.4. The van der Waals surface area contributed by atoms with E-state index in [1.54, 1.807) is 66.9 Å². The smallest absolute Gasteiger partial charge is 0.262 e. The van der Waals surface area contributed by atoms with Crippen LogP contribution >= 0.6 is 23.2 Å². The second-order valence-electron chi connectivity index (χ2n) is 6.67. The third-order valence-corrected chi connectivity index (χ3v) is 6.48. The maximum atomic E-state index is 13.3. The molecule has 3 aromatic carbocycles. The highest BCUT2D eigenvalue weighted by Crippen LogP contribution is 2.37. The van der Waals surface area contributed by atoms with E-state index in [2.05, 4.69) is 9.71 Å². The first-order valence-corrected chi connectivity index (χ1v) is 11.9. The lowest BCUT2D eigenvalue weighted by Crippen LogP contribution is -2.14. The van der Waals surface area contributed by atoms with Crippen LogP contribution in [0, 0.1) is 0 Å². The lowest BCUT2D eigenvalue weighted by atomic mass is 10.2. The van der Waals surface area contributed by atoms with Crippen LogP contribution in [-0.4, -0.2) is 20.0 Å². The van der Waals surface area contributed by atoms with E-state index < -0.39 is 10.0 Å². The number of halogens is 2. The Kier molecular flexibility index (Phi) is 6.41. The number of hydrogen-bond acceptors (Lipinski definition) is 5. The van der Waals surface area contributed by atoms with Crippen molar-refractivity contribution in [1.29, 1.82) is 0 Å². The van der Waals surface area contributed by atoms with Gasteiger partial charge < -0.3 is 9.47 Å². The molecule has 0 atom stereocenters. The summed E-state index contributed by atoms with van der Waals surface area (Å²) < 4.78 is 40.7. The minimum Gasteiger partial charge on any atom is -0.492 e. The Balaban J connectivity index is 1.72. The zero-order chi connectivity index (χ0) is 22.7. The van der Waals surface area contributed by atoms with Crippen LogP contribution in [0.25, 0.3) is 10.9 Å². The van der Waals surface area contributed by atoms with Gasteiger partial charge in [-0.1, -0.05) is 35.3 Å². The van der Waals surface area contributed by atoms with Gasteiger partial charge in [0.15, 0.2) is 5.75 Å². The SMILES string of the molecule is CCOc1ccc(S(=O)(=O)Nc2ccccc2Oc2ccc(Cl)cc2Cl)c2cccnc12. The van der Waals surface area contributed by atoms with Crippen molar-refractivity contribution in [2.75, 3.05) is 11.3 Å². The van der Waals surface area contributed by atoms with Crippen LogP contribution in [0.15, 0.2) is 77.8 Å². The number of rotatable bonds is 7. The minimum absolute atomic E-state index is 0.0726. The number of nitrogens with zero attached hydrogens (tertiary/aromatic N) is 1. The highest BCUT2D eigenvalue weighted by molar-refractivity contribution is 7.93. The number of benzene rings is 3. The van der Waals surface area contributed by atoms with Gasteiger partial charge in [-0.05, 0) is 61.5 Å². The van der Waals surface area contributed by atoms with E-state index >= 15 is 0 Å². The molecule has 0 spiro atoms. The van der Waals surface area contributed by atoms with Gasteiger partial charge in [-0.15, -0.1) is 0 Å². The summed E-state index contributed by atoms with van der Waals surface area (Å²) in [7, 11) is -3.98. The Hall–Kier alpha value is -3.00. The number of ether oxygens (including phenoxy) is 2. The van der Waals surface area contributed by atoms with Crippen LogP contribution in [0.4, 0.5) is 5.69 Å². The summed E-state index contributed by atoms with van der Waals surface area (Å²) >= 11 is 12.1. The molecule has 0 aliphatic heterocycles. The third-order valence-electron chi connectivity index (χ3n) is 4.53. The molecule has 0 aliphatic rings. The number of aromatic nitrogens is 1. The van der Waals surface area contributed by atoms with E-state index in [1.165, 1.54) is 6.07 Å². The molecular formula is C23H18Cl2N2O4S. The molecule has 0 saturated carbocycles. The van der Waals surface area contributed by atoms with Crippen molar-refractivity contribution in [1.82, 2.24) is 4.98 Å². The average molecular weight is 489 g/mol. The summed E-state index contributed by atoms with van der Waals surface area (Å²) in [5.74, 6) is 1.15. The highest BCUT2D eigenvalue weighted by Gasteiger charge is 2.21. The van der Waals surface area contributed by atoms with E-state index in [4.69, 9.17) is 32.7 Å². The molecule has 1 N–H and O–H groups in total. The quantitative estimate of drug-likeness (QED) is 0.319. The Morgan fingerprint density at radius 3 is 2.50 bits per heavy atom. The molecular weight excluding hydrogens is 471 g/mol. The molecule has 1 aromatic heterocycles. The summed E-state index contributed by atoms with van der Waals surface area (Å²) in [6, 6.07) is 17.9. The average Bonchev–Trinajstić information content (AvgIpc) is 2.77. The van der Waals surface area contributed by atoms with Gasteiger partial charge in [0.1, 0.15) is 17.0 Å². The number of hydrogen-bond donors (Lipinski definition) is 1. The number of para-hydroxylation sites is 2. The molecule has 4 rings (SSSR count). The van der Waals surface area contributed by atoms with E-state index in [9.17, 15) is 8.42 Å². The van der Waals surface area contributed by atoms with E-state index in [-0.39, 0.29) is 16.3 Å². The van der Waals surface area contributed by atoms with Gasteiger partial charge in [0.05, 0.1) is 22.2 Å². The topological polar surface area (TPSA) is 77.5 Å². The summed E-state index contributed by atoms with van der Waals surface area (Å²) in [5.41, 5.74) is 0.721. The fourth-order valence-electron chi connectivity index (χ4n) is 3.14. The Morgan fingerprint density at radius 2 is 1.72 bits per heavy atom. The van der Waals surface area contributed by atoms with Crippen LogP contribution in [-0.2, 0) is 10.0 Å². The van der Waals surface area contributed by atoms with Gasteiger partial charge in [-0.2, -0.15) is 0 Å². The second kappa shape index (κ2) is 9.24. The molecule has 0 aliphatic carbocycles. The summed E-state index contributed by atoms with van der Waals surface area (Å²) in [6.07, 6.45) is 1.59. The highest BCUT2D eigenvalue weighted by atomic mass is 35.5. The molecule has 0 bridgehead atoms. The van der Waals surface area contributed by atoms with Crippen LogP contribution in [0.1, 0.15) is 6.92 Å². The number of sulfonamides is 1.